The third kappa shape index (κ3) is 8.99. The van der Waals surface area contributed by atoms with Gasteiger partial charge < -0.3 is 4.98 Å². The van der Waals surface area contributed by atoms with Crippen LogP contribution in [0, 0.1) is 18.1 Å². The molecule has 0 spiro atoms. The summed E-state index contributed by atoms with van der Waals surface area (Å²) < 4.78 is 4.25. The summed E-state index contributed by atoms with van der Waals surface area (Å²) in [4.78, 5) is 9.34. The van der Waals surface area contributed by atoms with Gasteiger partial charge in [-0.25, -0.2) is 0 Å². The number of pyridine rings is 2. The first kappa shape index (κ1) is 37.4. The van der Waals surface area contributed by atoms with Gasteiger partial charge in [-0.3, -0.25) is 0 Å². The molecule has 3 heterocycles. The molecule has 3 aromatic carbocycles. The molecule has 0 aliphatic carbocycles. The van der Waals surface area contributed by atoms with Gasteiger partial charge in [0.1, 0.15) is 0 Å². The average molecular weight is 894 g/mol. The van der Waals surface area contributed by atoms with E-state index in [1.54, 1.807) is 4.40 Å². The Kier molecular flexibility index (Phi) is 12.3. The van der Waals surface area contributed by atoms with E-state index in [0.29, 0.717) is 11.8 Å². The molecule has 0 atom stereocenters. The van der Waals surface area contributed by atoms with Gasteiger partial charge in [0, 0.05) is 26.3 Å². The Bertz CT molecular complexity index is 1950. The first-order valence-corrected chi connectivity index (χ1v) is 28.2. The third-order valence-corrected chi connectivity index (χ3v) is 16.0. The van der Waals surface area contributed by atoms with Gasteiger partial charge >= 0.3 is 163 Å². The molecular formula is C41H48GeIrN2SSi-2. The number of benzene rings is 3. The van der Waals surface area contributed by atoms with Gasteiger partial charge in [0.15, 0.2) is 0 Å². The van der Waals surface area contributed by atoms with E-state index >= 15 is 0 Å². The van der Waals surface area contributed by atoms with Crippen molar-refractivity contribution in [3.8, 4) is 22.5 Å². The molecule has 0 saturated heterocycles. The number of fused-ring (bicyclic) bond motifs is 3. The van der Waals surface area contributed by atoms with Crippen LogP contribution in [0.25, 0.3) is 42.7 Å². The largest absolute Gasteiger partial charge is 0 e. The molecule has 0 saturated carbocycles. The maximum atomic E-state index is 4.69. The van der Waals surface area contributed by atoms with E-state index in [-0.39, 0.29) is 20.1 Å². The maximum absolute atomic E-state index is 4.69. The van der Waals surface area contributed by atoms with E-state index < -0.39 is 21.3 Å². The van der Waals surface area contributed by atoms with Crippen molar-refractivity contribution in [1.82, 2.24) is 9.97 Å². The second-order valence-electron chi connectivity index (χ2n) is 15.1. The zero-order valence-electron chi connectivity index (χ0n) is 29.6. The van der Waals surface area contributed by atoms with Crippen LogP contribution < -0.4 is 9.58 Å². The Hall–Kier alpha value is -2.41. The minimum atomic E-state index is -1.82. The van der Waals surface area contributed by atoms with E-state index in [2.05, 4.69) is 141 Å². The van der Waals surface area contributed by atoms with Crippen LogP contribution in [0.2, 0.25) is 36.9 Å². The third-order valence-electron chi connectivity index (χ3n) is 8.42. The van der Waals surface area contributed by atoms with Crippen molar-refractivity contribution in [2.75, 3.05) is 0 Å². The summed E-state index contributed by atoms with van der Waals surface area (Å²) in [7, 11) is -1.34. The van der Waals surface area contributed by atoms with Crippen molar-refractivity contribution in [2.24, 2.45) is 5.92 Å². The Morgan fingerprint density at radius 3 is 2.21 bits per heavy atom. The van der Waals surface area contributed by atoms with Crippen molar-refractivity contribution >= 4 is 62.4 Å². The van der Waals surface area contributed by atoms with Crippen LogP contribution in [0.5, 0.6) is 0 Å². The van der Waals surface area contributed by atoms with Gasteiger partial charge in [0.2, 0.25) is 0 Å². The minimum absolute atomic E-state index is 0. The summed E-state index contributed by atoms with van der Waals surface area (Å²) in [5, 5.41) is 4.17. The van der Waals surface area contributed by atoms with Gasteiger partial charge in [-0.05, 0) is 23.2 Å². The second kappa shape index (κ2) is 15.4. The predicted molar refractivity (Wildman–Crippen MR) is 208 cm³/mol. The predicted octanol–water partition coefficient (Wildman–Crippen LogP) is 10.9. The Balaban J connectivity index is 0.000000216. The normalized spacial score (nSPS) is 11.9. The molecular weight excluding hydrogens is 845 g/mol. The molecule has 6 aromatic rings. The van der Waals surface area contributed by atoms with E-state index in [4.69, 9.17) is 0 Å². The van der Waals surface area contributed by atoms with Crippen LogP contribution in [0.15, 0.2) is 85.2 Å². The van der Waals surface area contributed by atoms with Gasteiger partial charge in [-0.15, -0.1) is 35.9 Å². The number of thiophene rings is 1. The maximum Gasteiger partial charge on any atom is 0 e. The SMILES string of the molecule is CC(C)Cc1cc(-c2[c-]cccc2)ncc1[Si](C)(C)C.CC(C)c1ccnc(-c2[c-]ccc3c2sc2c[c]([Ge]([CH3])([CH3])[CH3])ccc23)c1.[Ir]. The van der Waals surface area contributed by atoms with Crippen LogP contribution in [0.1, 0.15) is 44.7 Å². The first-order valence-electron chi connectivity index (χ1n) is 16.5. The molecule has 0 aliphatic heterocycles. The summed E-state index contributed by atoms with van der Waals surface area (Å²) in [5.41, 5.74) is 7.08. The van der Waals surface area contributed by atoms with Crippen molar-refractivity contribution in [3.05, 3.63) is 108 Å². The van der Waals surface area contributed by atoms with E-state index in [9.17, 15) is 0 Å². The molecule has 0 bridgehead atoms. The van der Waals surface area contributed by atoms with Crippen molar-refractivity contribution in [1.29, 1.82) is 0 Å². The number of aromatic nitrogens is 2. The molecule has 0 amide bonds. The van der Waals surface area contributed by atoms with E-state index in [0.717, 1.165) is 28.9 Å². The number of hydrogen-bond acceptors (Lipinski definition) is 3. The number of rotatable bonds is 7. The molecule has 247 valence electrons. The molecule has 47 heavy (non-hydrogen) atoms. The molecule has 2 nitrogen and oxygen atoms in total. The Labute approximate surface area is 304 Å². The van der Waals surface area contributed by atoms with Gasteiger partial charge in [-0.1, -0.05) is 45.1 Å². The molecule has 0 aliphatic rings. The van der Waals surface area contributed by atoms with Crippen molar-refractivity contribution in [3.63, 3.8) is 0 Å². The second-order valence-corrected chi connectivity index (χ2v) is 31.9. The summed E-state index contributed by atoms with van der Waals surface area (Å²) in [5.74, 6) is 8.53. The molecule has 1 radical (unpaired) electrons. The average Bonchev–Trinajstić information content (AvgIpc) is 3.39. The fourth-order valence-electron chi connectivity index (χ4n) is 5.82. The Morgan fingerprint density at radius 2 is 1.57 bits per heavy atom. The van der Waals surface area contributed by atoms with Crippen LogP contribution in [-0.2, 0) is 26.5 Å². The standard InChI is InChI=1S/C23H24GeNS.C18H24NSi.Ir/c1-15(2)16-11-12-25-21(13-16)20-8-6-7-19-18-10-9-17(24(3,4)5)14-22(18)26-23(19)20;1-14(2)11-16-12-17(15-9-7-6-8-10-15)19-13-18(16)20(3,4)5;/h6-7,9-15H,1-5H3;6-9,12-14H,11H2,1-5H3;/q2*-1;. The van der Waals surface area contributed by atoms with Crippen molar-refractivity contribution < 1.29 is 20.1 Å². The monoisotopic (exact) mass is 895 g/mol. The molecule has 0 N–H and O–H groups in total. The number of nitrogens with zero attached hydrogens (tertiary/aromatic N) is 2. The van der Waals surface area contributed by atoms with Crippen LogP contribution >= 0.6 is 11.3 Å². The quantitative estimate of drug-likeness (QED) is 0.118. The molecule has 0 unspecified atom stereocenters. The summed E-state index contributed by atoms with van der Waals surface area (Å²) in [6.45, 7) is 16.2. The van der Waals surface area contributed by atoms with Crippen LogP contribution in [0.3, 0.4) is 0 Å². The molecule has 0 fully saturated rings. The van der Waals surface area contributed by atoms with Gasteiger partial charge in [-0.2, -0.15) is 0 Å². The molecule has 3 aromatic heterocycles. The van der Waals surface area contributed by atoms with Crippen LogP contribution in [-0.4, -0.2) is 31.3 Å². The zero-order valence-corrected chi connectivity index (χ0v) is 35.9. The summed E-state index contributed by atoms with van der Waals surface area (Å²) in [6.07, 6.45) is 5.16. The fraction of sp³-hybridized carbons (Fsp3) is 0.317. The summed E-state index contributed by atoms with van der Waals surface area (Å²) >= 11 is 0.0614. The van der Waals surface area contributed by atoms with Gasteiger partial charge in [0.25, 0.3) is 0 Å². The van der Waals surface area contributed by atoms with Crippen LogP contribution in [0.4, 0.5) is 0 Å². The fourth-order valence-corrected chi connectivity index (χ4v) is 11.3. The first-order chi connectivity index (χ1) is 21.7. The topological polar surface area (TPSA) is 25.8 Å². The summed E-state index contributed by atoms with van der Waals surface area (Å²) in [6, 6.07) is 32.8. The van der Waals surface area contributed by atoms with Crippen molar-refractivity contribution in [2.45, 2.75) is 76.9 Å². The minimum Gasteiger partial charge on any atom is 0 e. The molecule has 6 heteroatoms. The van der Waals surface area contributed by atoms with E-state index in [1.807, 2.05) is 41.8 Å². The zero-order chi connectivity index (χ0) is 33.2. The van der Waals surface area contributed by atoms with E-state index in [1.165, 1.54) is 36.5 Å². The Morgan fingerprint density at radius 1 is 0.809 bits per heavy atom. The number of hydrogen-bond donors (Lipinski definition) is 0. The smallest absolute Gasteiger partial charge is 0 e. The molecule has 6 rings (SSSR count). The van der Waals surface area contributed by atoms with Gasteiger partial charge in [0.05, 0.1) is 8.07 Å².